The molecule has 0 radical (unpaired) electrons. The second-order valence-corrected chi connectivity index (χ2v) is 4.11. The van der Waals surface area contributed by atoms with Crippen molar-refractivity contribution >= 4 is 23.2 Å². The summed E-state index contributed by atoms with van der Waals surface area (Å²) < 4.78 is 0. The Morgan fingerprint density at radius 1 is 1.11 bits per heavy atom. The molecule has 2 amide bonds. The van der Waals surface area contributed by atoms with E-state index in [1.165, 1.54) is 12.2 Å². The molecule has 1 aliphatic rings. The van der Waals surface area contributed by atoms with Gasteiger partial charge in [0, 0.05) is 11.8 Å². The van der Waals surface area contributed by atoms with Gasteiger partial charge in [0.25, 0.3) is 0 Å². The number of para-hydroxylation sites is 1. The van der Waals surface area contributed by atoms with Crippen LogP contribution in [-0.2, 0) is 4.79 Å². The van der Waals surface area contributed by atoms with E-state index in [1.54, 1.807) is 31.2 Å². The first-order valence-corrected chi connectivity index (χ1v) is 5.72. The summed E-state index contributed by atoms with van der Waals surface area (Å²) in [6.07, 6.45) is 2.60. The zero-order valence-electron chi connectivity index (χ0n) is 10.4. The number of rotatable bonds is 2. The maximum Gasteiger partial charge on any atom is 0.323 e. The SMILES string of the molecule is CC1=CC(=O)C=C(NC(=O)Nc2ccccc2)C1=N. The molecule has 5 nitrogen and oxygen atoms in total. The van der Waals surface area contributed by atoms with Gasteiger partial charge in [-0.3, -0.25) is 10.2 Å². The van der Waals surface area contributed by atoms with Crippen LogP contribution >= 0.6 is 0 Å². The lowest BCUT2D eigenvalue weighted by Gasteiger charge is -2.15. The van der Waals surface area contributed by atoms with Crippen molar-refractivity contribution in [1.29, 1.82) is 5.41 Å². The molecular weight excluding hydrogens is 242 g/mol. The fourth-order valence-corrected chi connectivity index (χ4v) is 1.66. The average Bonchev–Trinajstić information content (AvgIpc) is 2.36. The number of urea groups is 1. The van der Waals surface area contributed by atoms with Gasteiger partial charge in [-0.1, -0.05) is 18.2 Å². The van der Waals surface area contributed by atoms with Gasteiger partial charge in [0.15, 0.2) is 5.78 Å². The smallest absolute Gasteiger partial charge is 0.308 e. The van der Waals surface area contributed by atoms with E-state index in [0.29, 0.717) is 11.3 Å². The fourth-order valence-electron chi connectivity index (χ4n) is 1.66. The molecule has 0 aromatic heterocycles. The lowest BCUT2D eigenvalue weighted by atomic mass is 10.0. The van der Waals surface area contributed by atoms with Crippen LogP contribution in [0.4, 0.5) is 10.5 Å². The minimum absolute atomic E-state index is 0.141. The highest BCUT2D eigenvalue weighted by atomic mass is 16.2. The first kappa shape index (κ1) is 12.8. The Morgan fingerprint density at radius 2 is 1.79 bits per heavy atom. The van der Waals surface area contributed by atoms with Crippen LogP contribution in [0.5, 0.6) is 0 Å². The Bertz CT molecular complexity index is 600. The number of hydrogen-bond acceptors (Lipinski definition) is 3. The molecule has 1 aromatic rings. The van der Waals surface area contributed by atoms with Crippen molar-refractivity contribution in [2.45, 2.75) is 6.92 Å². The quantitative estimate of drug-likeness (QED) is 0.708. The Balaban J connectivity index is 2.04. The molecule has 1 aromatic carbocycles. The van der Waals surface area contributed by atoms with Crippen LogP contribution < -0.4 is 10.6 Å². The number of anilines is 1. The van der Waals surface area contributed by atoms with Gasteiger partial charge in [-0.25, -0.2) is 4.79 Å². The number of ketones is 1. The summed E-state index contributed by atoms with van der Waals surface area (Å²) in [5, 5.41) is 12.9. The summed E-state index contributed by atoms with van der Waals surface area (Å²) in [5.41, 5.74) is 1.52. The van der Waals surface area contributed by atoms with Gasteiger partial charge in [0.2, 0.25) is 0 Å². The molecule has 1 aliphatic carbocycles. The fraction of sp³-hybridized carbons (Fsp3) is 0.0714. The number of carbonyl (C=O) groups is 2. The Hall–Kier alpha value is -2.69. The summed E-state index contributed by atoms with van der Waals surface area (Å²) in [7, 11) is 0. The summed E-state index contributed by atoms with van der Waals surface area (Å²) in [6.45, 7) is 1.66. The highest BCUT2D eigenvalue weighted by Crippen LogP contribution is 2.11. The number of nitrogens with one attached hydrogen (secondary N) is 3. The highest BCUT2D eigenvalue weighted by Gasteiger charge is 2.17. The molecule has 5 heteroatoms. The minimum Gasteiger partial charge on any atom is -0.308 e. The third kappa shape index (κ3) is 3.16. The van der Waals surface area contributed by atoms with E-state index in [9.17, 15) is 9.59 Å². The molecule has 96 valence electrons. The average molecular weight is 255 g/mol. The van der Waals surface area contributed by atoms with Crippen molar-refractivity contribution in [2.24, 2.45) is 0 Å². The van der Waals surface area contributed by atoms with Crippen molar-refractivity contribution < 1.29 is 9.59 Å². The Morgan fingerprint density at radius 3 is 2.47 bits per heavy atom. The summed E-state index contributed by atoms with van der Waals surface area (Å²) in [5.74, 6) is -0.233. The van der Waals surface area contributed by atoms with Crippen molar-refractivity contribution in [3.05, 3.63) is 53.8 Å². The maximum atomic E-state index is 11.7. The lowest BCUT2D eigenvalue weighted by Crippen LogP contribution is -2.33. The van der Waals surface area contributed by atoms with Crippen molar-refractivity contribution in [1.82, 2.24) is 5.32 Å². The number of amides is 2. The van der Waals surface area contributed by atoms with Crippen molar-refractivity contribution in [2.75, 3.05) is 5.32 Å². The van der Waals surface area contributed by atoms with Gasteiger partial charge in [-0.15, -0.1) is 0 Å². The van der Waals surface area contributed by atoms with Gasteiger partial charge in [0.05, 0.1) is 11.4 Å². The molecule has 2 rings (SSSR count). The number of hydrogen-bond donors (Lipinski definition) is 3. The van der Waals surface area contributed by atoms with Crippen LogP contribution in [-0.4, -0.2) is 17.5 Å². The number of allylic oxidation sites excluding steroid dienone is 3. The second kappa shape index (κ2) is 5.30. The van der Waals surface area contributed by atoms with Crippen molar-refractivity contribution in [3.8, 4) is 0 Å². The van der Waals surface area contributed by atoms with E-state index in [0.717, 1.165) is 0 Å². The molecule has 0 atom stereocenters. The lowest BCUT2D eigenvalue weighted by molar-refractivity contribution is -0.110. The molecule has 0 heterocycles. The van der Waals surface area contributed by atoms with Gasteiger partial charge in [-0.05, 0) is 30.7 Å². The molecule has 0 bridgehead atoms. The van der Waals surface area contributed by atoms with E-state index < -0.39 is 6.03 Å². The van der Waals surface area contributed by atoms with E-state index >= 15 is 0 Å². The molecule has 0 aliphatic heterocycles. The van der Waals surface area contributed by atoms with Crippen molar-refractivity contribution in [3.63, 3.8) is 0 Å². The predicted molar refractivity (Wildman–Crippen MR) is 73.2 cm³/mol. The topological polar surface area (TPSA) is 82.1 Å². The third-order valence-electron chi connectivity index (χ3n) is 2.59. The Labute approximate surface area is 110 Å². The van der Waals surface area contributed by atoms with Gasteiger partial charge in [-0.2, -0.15) is 0 Å². The van der Waals surface area contributed by atoms with Gasteiger partial charge < -0.3 is 10.6 Å². The Kier molecular flexibility index (Phi) is 3.56. The first-order valence-electron chi connectivity index (χ1n) is 5.72. The van der Waals surface area contributed by atoms with Gasteiger partial charge >= 0.3 is 6.03 Å². The minimum atomic E-state index is -0.482. The van der Waals surface area contributed by atoms with Crippen LogP contribution in [0.25, 0.3) is 0 Å². The van der Waals surface area contributed by atoms with Crippen LogP contribution in [0.3, 0.4) is 0 Å². The van der Waals surface area contributed by atoms with Crippen LogP contribution in [0.15, 0.2) is 53.8 Å². The zero-order valence-corrected chi connectivity index (χ0v) is 10.4. The standard InChI is InChI=1S/C14H13N3O2/c1-9-7-11(18)8-12(13(9)15)17-14(19)16-10-5-3-2-4-6-10/h2-8,15H,1H3,(H2,16,17,19). The van der Waals surface area contributed by atoms with E-state index in [1.807, 2.05) is 6.07 Å². The molecule has 3 N–H and O–H groups in total. The van der Waals surface area contributed by atoms with E-state index in [4.69, 9.17) is 5.41 Å². The second-order valence-electron chi connectivity index (χ2n) is 4.11. The zero-order chi connectivity index (χ0) is 13.8. The predicted octanol–water partition coefficient (Wildman–Crippen LogP) is 2.24. The third-order valence-corrected chi connectivity index (χ3v) is 2.59. The summed E-state index contributed by atoms with van der Waals surface area (Å²) in [6, 6.07) is 8.45. The number of benzene rings is 1. The monoisotopic (exact) mass is 255 g/mol. The van der Waals surface area contributed by atoms with E-state index in [-0.39, 0.29) is 17.2 Å². The molecule has 0 fully saturated rings. The first-order chi connectivity index (χ1) is 9.06. The van der Waals surface area contributed by atoms with Crippen LogP contribution in [0.2, 0.25) is 0 Å². The summed E-state index contributed by atoms with van der Waals surface area (Å²) >= 11 is 0. The normalized spacial score (nSPS) is 14.6. The molecule has 19 heavy (non-hydrogen) atoms. The highest BCUT2D eigenvalue weighted by molar-refractivity contribution is 6.22. The van der Waals surface area contributed by atoms with E-state index in [2.05, 4.69) is 10.6 Å². The van der Waals surface area contributed by atoms with Crippen LogP contribution in [0, 0.1) is 5.41 Å². The molecule has 0 spiro atoms. The van der Waals surface area contributed by atoms with Crippen LogP contribution in [0.1, 0.15) is 6.92 Å². The molecular formula is C14H13N3O2. The van der Waals surface area contributed by atoms with Gasteiger partial charge in [0.1, 0.15) is 0 Å². The number of carbonyl (C=O) groups excluding carboxylic acids is 2. The molecule has 0 unspecified atom stereocenters. The largest absolute Gasteiger partial charge is 0.323 e. The summed E-state index contributed by atoms with van der Waals surface area (Å²) in [4.78, 5) is 23.1. The molecule has 0 saturated heterocycles. The maximum absolute atomic E-state index is 11.7. The molecule has 0 saturated carbocycles.